The molecule has 0 radical (unpaired) electrons. The standard InChI is InChI=1S/C25H35N3O3/c1-26-11-13-27(14-12-26)18-23(29)19-31-25-15-24(30-2)8-7-22(25)17-28-10-9-20-5-3-4-6-21(20)16-28/h3-8,15,23,29H,9-14,16-19H2,1-2H3. The Labute approximate surface area is 186 Å². The summed E-state index contributed by atoms with van der Waals surface area (Å²) in [5.41, 5.74) is 4.00. The lowest BCUT2D eigenvalue weighted by Crippen LogP contribution is -2.47. The number of piperazine rings is 1. The third kappa shape index (κ3) is 5.98. The van der Waals surface area contributed by atoms with E-state index in [1.54, 1.807) is 7.11 Å². The number of ether oxygens (including phenoxy) is 2. The lowest BCUT2D eigenvalue weighted by Gasteiger charge is -2.33. The van der Waals surface area contributed by atoms with E-state index in [0.717, 1.165) is 69.3 Å². The highest BCUT2D eigenvalue weighted by atomic mass is 16.5. The zero-order chi connectivity index (χ0) is 21.6. The molecule has 1 saturated heterocycles. The highest BCUT2D eigenvalue weighted by Crippen LogP contribution is 2.28. The monoisotopic (exact) mass is 425 g/mol. The summed E-state index contributed by atoms with van der Waals surface area (Å²) < 4.78 is 11.5. The van der Waals surface area contributed by atoms with E-state index >= 15 is 0 Å². The van der Waals surface area contributed by atoms with Gasteiger partial charge in [0, 0.05) is 64.0 Å². The first-order valence-electron chi connectivity index (χ1n) is 11.3. The minimum atomic E-state index is -0.510. The molecule has 0 aromatic heterocycles. The molecule has 0 saturated carbocycles. The van der Waals surface area contributed by atoms with E-state index in [1.807, 2.05) is 12.1 Å². The molecule has 6 nitrogen and oxygen atoms in total. The van der Waals surface area contributed by atoms with E-state index in [-0.39, 0.29) is 6.61 Å². The van der Waals surface area contributed by atoms with Crippen molar-refractivity contribution in [1.82, 2.24) is 14.7 Å². The molecule has 2 aliphatic heterocycles. The second-order valence-electron chi connectivity index (χ2n) is 8.77. The molecule has 1 fully saturated rings. The van der Waals surface area contributed by atoms with Gasteiger partial charge in [-0.05, 0) is 30.7 Å². The molecule has 0 aliphatic carbocycles. The molecule has 1 unspecified atom stereocenters. The number of benzene rings is 2. The highest BCUT2D eigenvalue weighted by Gasteiger charge is 2.20. The van der Waals surface area contributed by atoms with Crippen LogP contribution in [0, 0.1) is 0 Å². The second-order valence-corrected chi connectivity index (χ2v) is 8.77. The first-order chi connectivity index (χ1) is 15.1. The smallest absolute Gasteiger partial charge is 0.127 e. The zero-order valence-electron chi connectivity index (χ0n) is 18.8. The molecule has 0 spiro atoms. The molecule has 2 aliphatic rings. The quantitative estimate of drug-likeness (QED) is 0.700. The summed E-state index contributed by atoms with van der Waals surface area (Å²) in [4.78, 5) is 7.09. The Balaban J connectivity index is 1.37. The van der Waals surface area contributed by atoms with Gasteiger partial charge in [-0.1, -0.05) is 30.3 Å². The van der Waals surface area contributed by atoms with Crippen LogP contribution in [-0.4, -0.2) is 85.9 Å². The van der Waals surface area contributed by atoms with Crippen LogP contribution in [0.1, 0.15) is 16.7 Å². The summed E-state index contributed by atoms with van der Waals surface area (Å²) in [6, 6.07) is 14.7. The van der Waals surface area contributed by atoms with Crippen LogP contribution in [0.15, 0.2) is 42.5 Å². The number of aliphatic hydroxyl groups is 1. The Bertz CT molecular complexity index is 852. The number of fused-ring (bicyclic) bond motifs is 1. The minimum Gasteiger partial charge on any atom is -0.497 e. The van der Waals surface area contributed by atoms with Gasteiger partial charge in [0.25, 0.3) is 0 Å². The predicted octanol–water partition coefficient (Wildman–Crippen LogP) is 2.24. The SMILES string of the molecule is COc1ccc(CN2CCc3ccccc3C2)c(OCC(O)CN2CCN(C)CC2)c1. The van der Waals surface area contributed by atoms with Crippen molar-refractivity contribution in [3.05, 3.63) is 59.2 Å². The topological polar surface area (TPSA) is 48.4 Å². The van der Waals surface area contributed by atoms with Crippen LogP contribution in [0.5, 0.6) is 11.5 Å². The van der Waals surface area contributed by atoms with E-state index in [4.69, 9.17) is 9.47 Å². The molecule has 2 aromatic rings. The maximum atomic E-state index is 10.6. The van der Waals surface area contributed by atoms with Crippen molar-refractivity contribution in [3.63, 3.8) is 0 Å². The van der Waals surface area contributed by atoms with Crippen LogP contribution < -0.4 is 9.47 Å². The number of methoxy groups -OCH3 is 1. The summed E-state index contributed by atoms with van der Waals surface area (Å²) in [6.45, 7) is 7.83. The lowest BCUT2D eigenvalue weighted by atomic mass is 9.99. The molecule has 31 heavy (non-hydrogen) atoms. The maximum Gasteiger partial charge on any atom is 0.127 e. The van der Waals surface area contributed by atoms with Gasteiger partial charge in [0.05, 0.1) is 7.11 Å². The van der Waals surface area contributed by atoms with Crippen LogP contribution in [-0.2, 0) is 19.5 Å². The van der Waals surface area contributed by atoms with E-state index in [2.05, 4.69) is 52.1 Å². The fourth-order valence-electron chi connectivity index (χ4n) is 4.42. The normalized spacial score (nSPS) is 19.1. The second kappa shape index (κ2) is 10.5. The van der Waals surface area contributed by atoms with Gasteiger partial charge in [-0.25, -0.2) is 0 Å². The lowest BCUT2D eigenvalue weighted by molar-refractivity contribution is 0.0499. The largest absolute Gasteiger partial charge is 0.497 e. The van der Waals surface area contributed by atoms with Crippen molar-refractivity contribution in [1.29, 1.82) is 0 Å². The summed E-state index contributed by atoms with van der Waals surface area (Å²) >= 11 is 0. The Morgan fingerprint density at radius 3 is 2.52 bits per heavy atom. The molecule has 0 amide bonds. The van der Waals surface area contributed by atoms with Crippen molar-refractivity contribution in [2.24, 2.45) is 0 Å². The first-order valence-corrected chi connectivity index (χ1v) is 11.3. The summed E-state index contributed by atoms with van der Waals surface area (Å²) in [6.07, 6.45) is 0.566. The Morgan fingerprint density at radius 2 is 1.74 bits per heavy atom. The van der Waals surface area contributed by atoms with Gasteiger partial charge >= 0.3 is 0 Å². The van der Waals surface area contributed by atoms with Gasteiger partial charge in [-0.15, -0.1) is 0 Å². The number of hydrogen-bond donors (Lipinski definition) is 1. The third-order valence-electron chi connectivity index (χ3n) is 6.37. The van der Waals surface area contributed by atoms with E-state index < -0.39 is 6.10 Å². The maximum absolute atomic E-state index is 10.6. The minimum absolute atomic E-state index is 0.287. The molecule has 4 rings (SSSR count). The van der Waals surface area contributed by atoms with E-state index in [1.165, 1.54) is 11.1 Å². The molecule has 6 heteroatoms. The Morgan fingerprint density at radius 1 is 0.968 bits per heavy atom. The van der Waals surface area contributed by atoms with Crippen LogP contribution >= 0.6 is 0 Å². The highest BCUT2D eigenvalue weighted by molar-refractivity contribution is 5.41. The van der Waals surface area contributed by atoms with Gasteiger partial charge < -0.3 is 19.5 Å². The molecule has 1 N–H and O–H groups in total. The van der Waals surface area contributed by atoms with Crippen LogP contribution in [0.25, 0.3) is 0 Å². The predicted molar refractivity (Wildman–Crippen MR) is 123 cm³/mol. The van der Waals surface area contributed by atoms with Crippen molar-refractivity contribution in [2.45, 2.75) is 25.6 Å². The van der Waals surface area contributed by atoms with Crippen molar-refractivity contribution >= 4 is 0 Å². The zero-order valence-corrected chi connectivity index (χ0v) is 18.8. The van der Waals surface area contributed by atoms with Crippen LogP contribution in [0.4, 0.5) is 0 Å². The van der Waals surface area contributed by atoms with Gasteiger partial charge in [0.15, 0.2) is 0 Å². The molecule has 2 heterocycles. The van der Waals surface area contributed by atoms with Crippen LogP contribution in [0.2, 0.25) is 0 Å². The van der Waals surface area contributed by atoms with Gasteiger partial charge in [0.1, 0.15) is 24.2 Å². The van der Waals surface area contributed by atoms with Crippen molar-refractivity contribution < 1.29 is 14.6 Å². The number of rotatable bonds is 8. The number of β-amino-alcohol motifs (C(OH)–C–C–N with tert-alkyl or cyclic N) is 1. The van der Waals surface area contributed by atoms with Gasteiger partial charge in [-0.3, -0.25) is 9.80 Å². The molecular weight excluding hydrogens is 390 g/mol. The average molecular weight is 426 g/mol. The van der Waals surface area contributed by atoms with Crippen molar-refractivity contribution in [3.8, 4) is 11.5 Å². The Hall–Kier alpha value is -2.12. The molecule has 0 bridgehead atoms. The number of hydrogen-bond acceptors (Lipinski definition) is 6. The van der Waals surface area contributed by atoms with Gasteiger partial charge in [-0.2, -0.15) is 0 Å². The summed E-state index contributed by atoms with van der Waals surface area (Å²) in [5, 5.41) is 10.6. The van der Waals surface area contributed by atoms with E-state index in [9.17, 15) is 5.11 Å². The fourth-order valence-corrected chi connectivity index (χ4v) is 4.42. The van der Waals surface area contributed by atoms with Gasteiger partial charge in [0.2, 0.25) is 0 Å². The van der Waals surface area contributed by atoms with Crippen molar-refractivity contribution in [2.75, 3.05) is 60.0 Å². The fraction of sp³-hybridized carbons (Fsp3) is 0.520. The molecule has 168 valence electrons. The first kappa shape index (κ1) is 22.1. The molecule has 2 aromatic carbocycles. The molecule has 1 atom stereocenters. The average Bonchev–Trinajstić information content (AvgIpc) is 2.80. The van der Waals surface area contributed by atoms with E-state index in [0.29, 0.717) is 6.54 Å². The number of nitrogens with zero attached hydrogens (tertiary/aromatic N) is 3. The molecular formula is C25H35N3O3. The summed E-state index contributed by atoms with van der Waals surface area (Å²) in [5.74, 6) is 1.58. The number of likely N-dealkylation sites (N-methyl/N-ethyl adjacent to an activating group) is 1. The summed E-state index contributed by atoms with van der Waals surface area (Å²) in [7, 11) is 3.81. The third-order valence-corrected chi connectivity index (χ3v) is 6.37. The Kier molecular flexibility index (Phi) is 7.45. The number of aliphatic hydroxyl groups excluding tert-OH is 1. The van der Waals surface area contributed by atoms with Crippen LogP contribution in [0.3, 0.4) is 0 Å².